The van der Waals surface area contributed by atoms with Gasteiger partial charge < -0.3 is 4.42 Å². The second kappa shape index (κ2) is 40.5. The normalized spacial score (nSPS) is 14.1. The smallest absolute Gasteiger partial charge is 0.266 e. The van der Waals surface area contributed by atoms with Crippen LogP contribution in [0.3, 0.4) is 0 Å². The standard InChI is InChI=1S/C36H28S3.C24H19S2.C13H6F3NO5S.C12H7Cl6N3O.3F6P/c1-5-13-31(14-6-1)38(32-15-7-2-8-16-32)35-25-21-29(22-26-35)37-30-23-27-36(28-24-30)39(33-17-9-3-10-18-33)34-19-11-4-12-20-34;1-4-10-20(11-5-1)25-21-16-18-24(19-17-21)26(22-12-6-2-7-13-22)23-14-8-3-9-15-23;14-13(15,16)23(20,21)22-17-11(18)8-5-1-3-7-4-2-6-9(10(7)8)12(17)19;1-6-2-3-7(22-6)4-5-8-19-9(11(13,14)15)21-10(20-8)12(16,17)18;3*1-7(2,3,4,5)6/h1-28H;1-19H;1-6H;2-5H,1H3;;;/q+2;+1;;;3*-1/b;;;5-4+;;;. The number of amides is 2. The molecule has 0 spiro atoms. The Balaban J connectivity index is 0.000000187. The van der Waals surface area contributed by atoms with E-state index in [4.69, 9.17) is 74.0 Å². The maximum Gasteiger partial charge on any atom is 0.525 e. The van der Waals surface area contributed by atoms with E-state index < -0.39 is 58.5 Å². The molecule has 14 aromatic rings. The number of carbonyl (C=O) groups excluding carboxylic acids is 2. The molecule has 0 fully saturated rings. The molecule has 2 aromatic heterocycles. The number of hydrogen-bond acceptors (Lipinski definition) is 11. The molecule has 12 aromatic carbocycles. The Bertz CT molecular complexity index is 5970. The van der Waals surface area contributed by atoms with Gasteiger partial charge in [-0.3, -0.25) is 9.59 Å². The van der Waals surface area contributed by atoms with E-state index in [1.165, 1.54) is 94.0 Å². The summed E-state index contributed by atoms with van der Waals surface area (Å²) in [7, 11) is -38.4. The molecule has 0 aliphatic carbocycles. The minimum Gasteiger partial charge on any atom is -0.266 e. The van der Waals surface area contributed by atoms with Gasteiger partial charge in [-0.2, -0.15) is 21.6 Å². The Kier molecular flexibility index (Phi) is 32.7. The van der Waals surface area contributed by atoms with Crippen molar-refractivity contribution < 1.29 is 115 Å². The van der Waals surface area contributed by atoms with Crippen molar-refractivity contribution in [2.45, 2.75) is 83.7 Å². The number of imide groups is 1. The summed E-state index contributed by atoms with van der Waals surface area (Å²) >= 11 is 38.3. The van der Waals surface area contributed by atoms with Gasteiger partial charge in [0.2, 0.25) is 7.59 Å². The molecule has 0 atom stereocenters. The molecule has 3 heterocycles. The van der Waals surface area contributed by atoms with Crippen molar-refractivity contribution in [2.75, 3.05) is 0 Å². The number of aromatic nitrogens is 3. The average molecular weight is 2130 g/mol. The molecular formula is C85H60Cl6F21N4O6P3S6. The van der Waals surface area contributed by atoms with Crippen LogP contribution in [0.15, 0.2) is 402 Å². The fourth-order valence-corrected chi connectivity index (χ4v) is 19.7. The van der Waals surface area contributed by atoms with Crippen LogP contribution in [0.4, 0.5) is 88.7 Å². The molecule has 1 aliphatic heterocycles. The largest absolute Gasteiger partial charge is 0.525 e. The van der Waals surface area contributed by atoms with Gasteiger partial charge in [0.1, 0.15) is 11.5 Å². The third-order valence-electron chi connectivity index (χ3n) is 15.8. The fourth-order valence-electron chi connectivity index (χ4n) is 10.9. The van der Waals surface area contributed by atoms with Crippen molar-refractivity contribution in [1.82, 2.24) is 20.0 Å². The van der Waals surface area contributed by atoms with Crippen LogP contribution in [0.5, 0.6) is 0 Å². The first-order valence-corrected chi connectivity index (χ1v) is 51.4. The van der Waals surface area contributed by atoms with Crippen molar-refractivity contribution in [3.05, 3.63) is 374 Å². The van der Waals surface area contributed by atoms with Crippen LogP contribution in [0.1, 0.15) is 49.7 Å². The van der Waals surface area contributed by atoms with Gasteiger partial charge in [-0.15, -0.1) is 9.35 Å². The molecule has 131 heavy (non-hydrogen) atoms. The quantitative estimate of drug-likeness (QED) is 0.0215. The molecule has 0 unspecified atom stereocenters. The summed E-state index contributed by atoms with van der Waals surface area (Å²) < 4.78 is 242. The van der Waals surface area contributed by atoms with Crippen molar-refractivity contribution >= 4 is 194 Å². The van der Waals surface area contributed by atoms with E-state index in [0.717, 1.165) is 5.76 Å². The number of carbonyl (C=O) groups is 2. The number of halogens is 27. The SMILES string of the molecule is Cc1ccc(/C=C/c2nc(C(Cl)(Cl)Cl)nc(C(Cl)(Cl)Cl)n2)o1.F[P-](F)(F)(F)(F)F.F[P-](F)(F)(F)(F)F.F[P-](F)(F)(F)(F)F.O=C1c2cccc3cccc(c23)C(=O)N1OS(=O)(=O)C(F)(F)F.c1ccc(Sc2ccc([S+](c3ccccc3)c3ccccc3)cc2)cc1.c1ccc([S+](c2ccccc2)c2ccc(Sc3ccc([S+](c4ccccc4)c4ccccc4)cc3)cc2)cc1. The molecular weight excluding hydrogens is 2070 g/mol. The fraction of sp³-hybridized carbons (Fsp3) is 0.0471. The van der Waals surface area contributed by atoms with E-state index >= 15 is 0 Å². The van der Waals surface area contributed by atoms with E-state index in [9.17, 15) is 107 Å². The van der Waals surface area contributed by atoms with Crippen LogP contribution in [0.2, 0.25) is 0 Å². The Morgan fingerprint density at radius 2 is 0.595 bits per heavy atom. The summed E-state index contributed by atoms with van der Waals surface area (Å²) in [5, 5.41) is 0.356. The predicted molar refractivity (Wildman–Crippen MR) is 481 cm³/mol. The van der Waals surface area contributed by atoms with Crippen molar-refractivity contribution in [2.24, 2.45) is 0 Å². The van der Waals surface area contributed by atoms with Crippen LogP contribution in [0, 0.1) is 6.92 Å². The summed E-state index contributed by atoms with van der Waals surface area (Å²) in [5.41, 5.74) is -6.03. The minimum atomic E-state index is -10.7. The van der Waals surface area contributed by atoms with E-state index in [-0.39, 0.29) is 71.7 Å². The Hall–Kier alpha value is -8.71. The first kappa shape index (κ1) is 106. The molecule has 0 bridgehead atoms. The van der Waals surface area contributed by atoms with Gasteiger partial charge >= 0.3 is 115 Å². The van der Waals surface area contributed by atoms with E-state index in [1.807, 2.05) is 24.8 Å². The van der Waals surface area contributed by atoms with Gasteiger partial charge in [0.05, 0.1) is 43.8 Å². The zero-order valence-corrected chi connectivity index (χ0v) is 77.8. The molecule has 1 aliphatic rings. The first-order valence-electron chi connectivity index (χ1n) is 36.3. The average Bonchev–Trinajstić information content (AvgIpc) is 0.808. The molecule has 0 radical (unpaired) electrons. The predicted octanol–water partition coefficient (Wildman–Crippen LogP) is 34.9. The number of aryl methyl sites for hydroxylation is 1. The number of rotatable bonds is 17. The zero-order valence-electron chi connectivity index (χ0n) is 65.6. The molecule has 10 nitrogen and oxygen atoms in total. The molecule has 15 rings (SSSR count). The number of furan rings is 1. The van der Waals surface area contributed by atoms with Crippen molar-refractivity contribution in [1.29, 1.82) is 0 Å². The molecule has 0 saturated heterocycles. The van der Waals surface area contributed by atoms with Gasteiger partial charge in [-0.1, -0.05) is 245 Å². The van der Waals surface area contributed by atoms with Crippen molar-refractivity contribution in [3.63, 3.8) is 0 Å². The van der Waals surface area contributed by atoms with Crippen LogP contribution < -0.4 is 0 Å². The van der Waals surface area contributed by atoms with Crippen LogP contribution in [0.25, 0.3) is 22.9 Å². The number of alkyl halides is 9. The molecule has 46 heteroatoms. The Labute approximate surface area is 780 Å². The van der Waals surface area contributed by atoms with Gasteiger partial charge in [-0.05, 0) is 206 Å². The minimum absolute atomic E-state index is 0.0786. The molecule has 2 amide bonds. The van der Waals surface area contributed by atoms with Gasteiger partial charge in [0.25, 0.3) is 11.8 Å². The van der Waals surface area contributed by atoms with E-state index in [0.29, 0.717) is 11.1 Å². The van der Waals surface area contributed by atoms with Gasteiger partial charge in [0, 0.05) is 25.0 Å². The third kappa shape index (κ3) is 37.9. The third-order valence-corrected chi connectivity index (χ3v) is 26.4. The Morgan fingerprint density at radius 1 is 0.344 bits per heavy atom. The zero-order chi connectivity index (χ0) is 96.6. The summed E-state index contributed by atoms with van der Waals surface area (Å²) in [6, 6.07) is 115. The second-order valence-electron chi connectivity index (χ2n) is 26.3. The first-order chi connectivity index (χ1) is 60.3. The van der Waals surface area contributed by atoms with Gasteiger partial charge in [-0.25, -0.2) is 15.0 Å². The maximum atomic E-state index is 12.4. The van der Waals surface area contributed by atoms with Crippen LogP contribution >= 0.6 is 117 Å². The number of benzene rings is 12. The maximum absolute atomic E-state index is 12.4. The Morgan fingerprint density at radius 3 is 0.840 bits per heavy atom. The van der Waals surface area contributed by atoms with Crippen LogP contribution in [-0.4, -0.2) is 45.8 Å². The topological polar surface area (TPSA) is 133 Å². The number of nitrogens with zero attached hydrogens (tertiary/aromatic N) is 4. The van der Waals surface area contributed by atoms with Crippen molar-refractivity contribution in [3.8, 4) is 0 Å². The van der Waals surface area contributed by atoms with Gasteiger partial charge in [0.15, 0.2) is 61.5 Å². The number of hydrogen-bond donors (Lipinski definition) is 0. The molecule has 696 valence electrons. The summed E-state index contributed by atoms with van der Waals surface area (Å²) in [4.78, 5) is 53.3. The van der Waals surface area contributed by atoms with Crippen LogP contribution in [-0.2, 0) is 54.7 Å². The van der Waals surface area contributed by atoms with E-state index in [2.05, 4.69) is 304 Å². The second-order valence-corrected chi connectivity index (χ2v) is 46.5. The number of hydroxylamine groups is 2. The molecule has 0 saturated carbocycles. The summed E-state index contributed by atoms with van der Waals surface area (Å²) in [6.45, 7) is 1.82. The summed E-state index contributed by atoms with van der Waals surface area (Å²) in [6.07, 6.45) is 3.16. The molecule has 0 N–H and O–H groups in total. The monoisotopic (exact) mass is 2130 g/mol. The van der Waals surface area contributed by atoms with E-state index in [1.54, 1.807) is 36.0 Å². The summed E-state index contributed by atoms with van der Waals surface area (Å²) in [5.74, 6) is -1.35.